The predicted octanol–water partition coefficient (Wildman–Crippen LogP) is 6.33. The molecule has 1 N–H and O–H groups in total. The Morgan fingerprint density at radius 3 is 2.77 bits per heavy atom. The van der Waals surface area contributed by atoms with Gasteiger partial charge in [-0.15, -0.1) is 0 Å². The van der Waals surface area contributed by atoms with Crippen LogP contribution in [0.5, 0.6) is 0 Å². The number of fused-ring (bicyclic) bond motifs is 2. The summed E-state index contributed by atoms with van der Waals surface area (Å²) in [6, 6.07) is 16.5. The molecule has 0 aliphatic heterocycles. The SMILES string of the molecule is CC.O=C(NCc1cccc2ccc(Br)cc12)c1cnn(Cc2cn3cc(C4CC4)ccc3n2)c1. The number of nitrogens with one attached hydrogen (secondary N) is 1. The van der Waals surface area contributed by atoms with E-state index in [9.17, 15) is 4.79 Å². The number of nitrogens with zero attached hydrogens (tertiary/aromatic N) is 4. The number of amides is 1. The Morgan fingerprint density at radius 1 is 1.09 bits per heavy atom. The lowest BCUT2D eigenvalue weighted by Gasteiger charge is -2.08. The summed E-state index contributed by atoms with van der Waals surface area (Å²) in [4.78, 5) is 17.4. The van der Waals surface area contributed by atoms with Gasteiger partial charge in [0.15, 0.2) is 0 Å². The molecule has 0 radical (unpaired) electrons. The molecule has 3 aromatic heterocycles. The quantitative estimate of drug-likeness (QED) is 0.279. The first-order valence-corrected chi connectivity index (χ1v) is 12.9. The number of carbonyl (C=O) groups is 1. The molecule has 178 valence electrons. The second kappa shape index (κ2) is 10.0. The van der Waals surface area contributed by atoms with E-state index in [1.165, 1.54) is 18.4 Å². The van der Waals surface area contributed by atoms with Crippen molar-refractivity contribution < 1.29 is 4.79 Å². The van der Waals surface area contributed by atoms with Crippen LogP contribution in [0.15, 0.2) is 77.8 Å². The van der Waals surface area contributed by atoms with Crippen molar-refractivity contribution in [1.82, 2.24) is 24.5 Å². The van der Waals surface area contributed by atoms with Crippen molar-refractivity contribution in [2.45, 2.75) is 45.7 Å². The molecule has 5 aromatic rings. The fourth-order valence-electron chi connectivity index (χ4n) is 4.27. The minimum absolute atomic E-state index is 0.141. The summed E-state index contributed by atoms with van der Waals surface area (Å²) in [7, 11) is 0. The molecule has 3 heterocycles. The van der Waals surface area contributed by atoms with Gasteiger partial charge in [0.05, 0.1) is 24.0 Å². The normalized spacial score (nSPS) is 13.0. The standard InChI is InChI=1S/C26H22BrN5O.C2H6/c27-22-8-6-18-2-1-3-19(24(18)10-22)11-28-26(33)21-12-29-32(14-21)16-23-15-31-13-20(17-4-5-17)7-9-25(31)30-23;1-2/h1-3,6-10,12-15,17H,4-5,11,16H2,(H,28,33);1-2H3. The van der Waals surface area contributed by atoms with Gasteiger partial charge >= 0.3 is 0 Å². The van der Waals surface area contributed by atoms with E-state index >= 15 is 0 Å². The number of benzene rings is 2. The molecule has 0 spiro atoms. The molecule has 0 bridgehead atoms. The summed E-state index contributed by atoms with van der Waals surface area (Å²) >= 11 is 3.53. The summed E-state index contributed by atoms with van der Waals surface area (Å²) in [6.07, 6.45) is 10.2. The van der Waals surface area contributed by atoms with Crippen LogP contribution >= 0.6 is 15.9 Å². The molecular weight excluding hydrogens is 502 g/mol. The van der Waals surface area contributed by atoms with Crippen LogP contribution in [0.25, 0.3) is 16.4 Å². The first kappa shape index (κ1) is 23.3. The predicted molar refractivity (Wildman–Crippen MR) is 143 cm³/mol. The number of pyridine rings is 1. The summed E-state index contributed by atoms with van der Waals surface area (Å²) < 4.78 is 4.86. The molecule has 7 heteroatoms. The Balaban J connectivity index is 0.00000124. The van der Waals surface area contributed by atoms with Gasteiger partial charge in [-0.25, -0.2) is 4.98 Å². The van der Waals surface area contributed by atoms with Crippen LogP contribution in [-0.4, -0.2) is 25.1 Å². The summed E-state index contributed by atoms with van der Waals surface area (Å²) in [5.41, 5.74) is 4.84. The van der Waals surface area contributed by atoms with Crippen LogP contribution in [0.4, 0.5) is 0 Å². The van der Waals surface area contributed by atoms with E-state index < -0.39 is 0 Å². The van der Waals surface area contributed by atoms with Gasteiger partial charge in [-0.1, -0.05) is 60.1 Å². The number of carbonyl (C=O) groups excluding carboxylic acids is 1. The fraction of sp³-hybridized carbons (Fsp3) is 0.250. The molecule has 1 aliphatic carbocycles. The van der Waals surface area contributed by atoms with E-state index in [2.05, 4.69) is 67.3 Å². The third-order valence-electron chi connectivity index (χ3n) is 6.17. The zero-order valence-electron chi connectivity index (χ0n) is 19.9. The van der Waals surface area contributed by atoms with Crippen LogP contribution in [0, 0.1) is 0 Å². The zero-order valence-corrected chi connectivity index (χ0v) is 21.5. The van der Waals surface area contributed by atoms with Gasteiger partial charge < -0.3 is 9.72 Å². The molecule has 2 aromatic carbocycles. The lowest BCUT2D eigenvalue weighted by molar-refractivity contribution is 0.0951. The highest BCUT2D eigenvalue weighted by molar-refractivity contribution is 9.10. The smallest absolute Gasteiger partial charge is 0.254 e. The average molecular weight is 530 g/mol. The lowest BCUT2D eigenvalue weighted by Crippen LogP contribution is -2.22. The van der Waals surface area contributed by atoms with Crippen LogP contribution in [0.2, 0.25) is 0 Å². The van der Waals surface area contributed by atoms with Gasteiger partial charge in [0.25, 0.3) is 5.91 Å². The minimum Gasteiger partial charge on any atom is -0.348 e. The molecule has 1 saturated carbocycles. The summed E-state index contributed by atoms with van der Waals surface area (Å²) in [5, 5.41) is 9.67. The highest BCUT2D eigenvalue weighted by Gasteiger charge is 2.23. The van der Waals surface area contributed by atoms with Gasteiger partial charge in [0.2, 0.25) is 0 Å². The topological polar surface area (TPSA) is 64.2 Å². The van der Waals surface area contributed by atoms with Crippen molar-refractivity contribution in [3.63, 3.8) is 0 Å². The van der Waals surface area contributed by atoms with E-state index in [1.54, 1.807) is 17.1 Å². The molecule has 0 unspecified atom stereocenters. The Bertz CT molecular complexity index is 1500. The monoisotopic (exact) mass is 529 g/mol. The third-order valence-corrected chi connectivity index (χ3v) is 6.66. The highest BCUT2D eigenvalue weighted by Crippen LogP contribution is 2.39. The summed E-state index contributed by atoms with van der Waals surface area (Å²) in [5.74, 6) is 0.570. The number of hydrogen-bond acceptors (Lipinski definition) is 3. The molecule has 1 aliphatic rings. The zero-order chi connectivity index (χ0) is 24.4. The Hall–Kier alpha value is -3.45. The van der Waals surface area contributed by atoms with Crippen LogP contribution < -0.4 is 5.32 Å². The minimum atomic E-state index is -0.141. The highest BCUT2D eigenvalue weighted by atomic mass is 79.9. The molecular formula is C28H28BrN5O. The number of imidazole rings is 1. The average Bonchev–Trinajstić information content (AvgIpc) is 3.50. The molecule has 1 fully saturated rings. The van der Waals surface area contributed by atoms with Crippen molar-refractivity contribution in [1.29, 1.82) is 0 Å². The first-order valence-electron chi connectivity index (χ1n) is 12.1. The lowest BCUT2D eigenvalue weighted by atomic mass is 10.0. The van der Waals surface area contributed by atoms with Crippen molar-refractivity contribution in [2.75, 3.05) is 0 Å². The third kappa shape index (κ3) is 5.15. The van der Waals surface area contributed by atoms with Crippen LogP contribution in [0.1, 0.15) is 59.8 Å². The fourth-order valence-corrected chi connectivity index (χ4v) is 4.63. The maximum absolute atomic E-state index is 12.7. The van der Waals surface area contributed by atoms with Crippen molar-refractivity contribution in [3.05, 3.63) is 100 Å². The maximum Gasteiger partial charge on any atom is 0.254 e. The van der Waals surface area contributed by atoms with Crippen molar-refractivity contribution >= 4 is 38.3 Å². The Labute approximate surface area is 213 Å². The second-order valence-electron chi connectivity index (χ2n) is 8.63. The van der Waals surface area contributed by atoms with Crippen molar-refractivity contribution in [3.8, 4) is 0 Å². The number of halogens is 1. The van der Waals surface area contributed by atoms with Crippen LogP contribution in [0.3, 0.4) is 0 Å². The Morgan fingerprint density at radius 2 is 1.94 bits per heavy atom. The number of rotatable bonds is 6. The number of aromatic nitrogens is 4. The first-order chi connectivity index (χ1) is 17.1. The second-order valence-corrected chi connectivity index (χ2v) is 9.54. The van der Waals surface area contributed by atoms with E-state index in [-0.39, 0.29) is 5.91 Å². The van der Waals surface area contributed by atoms with Crippen LogP contribution in [-0.2, 0) is 13.1 Å². The number of hydrogen-bond donors (Lipinski definition) is 1. The molecule has 35 heavy (non-hydrogen) atoms. The van der Waals surface area contributed by atoms with Gasteiger partial charge in [-0.2, -0.15) is 5.10 Å². The van der Waals surface area contributed by atoms with E-state index in [4.69, 9.17) is 4.98 Å². The Kier molecular flexibility index (Phi) is 6.68. The van der Waals surface area contributed by atoms with Gasteiger partial charge in [-0.05, 0) is 58.9 Å². The molecule has 1 amide bonds. The molecule has 6 nitrogen and oxygen atoms in total. The van der Waals surface area contributed by atoms with Gasteiger partial charge in [-0.3, -0.25) is 9.48 Å². The molecule has 6 rings (SSSR count). The van der Waals surface area contributed by atoms with E-state index in [1.807, 2.05) is 38.2 Å². The maximum atomic E-state index is 12.7. The summed E-state index contributed by atoms with van der Waals surface area (Å²) in [6.45, 7) is 4.97. The molecule has 0 saturated heterocycles. The van der Waals surface area contributed by atoms with Gasteiger partial charge in [0, 0.05) is 29.6 Å². The van der Waals surface area contributed by atoms with Crippen molar-refractivity contribution in [2.24, 2.45) is 0 Å². The van der Waals surface area contributed by atoms with E-state index in [0.717, 1.165) is 32.1 Å². The largest absolute Gasteiger partial charge is 0.348 e. The van der Waals surface area contributed by atoms with Gasteiger partial charge in [0.1, 0.15) is 5.65 Å². The molecule has 0 atom stereocenters. The van der Waals surface area contributed by atoms with E-state index in [0.29, 0.717) is 24.6 Å².